The van der Waals surface area contributed by atoms with Crippen molar-refractivity contribution >= 4 is 17.6 Å². The van der Waals surface area contributed by atoms with Gasteiger partial charge in [0.15, 0.2) is 0 Å². The number of fused-ring (bicyclic) bond motifs is 1. The Labute approximate surface area is 170 Å². The summed E-state index contributed by atoms with van der Waals surface area (Å²) in [4.78, 5) is 18.7. The van der Waals surface area contributed by atoms with Crippen LogP contribution in [0, 0.1) is 17.7 Å². The Morgan fingerprint density at radius 2 is 1.93 bits per heavy atom. The lowest BCUT2D eigenvalue weighted by Gasteiger charge is -2.32. The van der Waals surface area contributed by atoms with E-state index in [0.29, 0.717) is 18.4 Å². The second-order valence-electron chi connectivity index (χ2n) is 8.08. The van der Waals surface area contributed by atoms with Crippen molar-refractivity contribution in [3.8, 4) is 0 Å². The average Bonchev–Trinajstić information content (AvgIpc) is 3.17. The maximum atomic E-state index is 13.9. The number of hydrogen-bond acceptors (Lipinski definition) is 2. The van der Waals surface area contributed by atoms with Crippen LogP contribution in [0.1, 0.15) is 17.2 Å². The van der Waals surface area contributed by atoms with Gasteiger partial charge >= 0.3 is 6.03 Å². The van der Waals surface area contributed by atoms with Crippen LogP contribution in [0.25, 0.3) is 0 Å². The Hall–Kier alpha value is -2.11. The van der Waals surface area contributed by atoms with Crippen LogP contribution in [-0.4, -0.2) is 54.5 Å². The molecule has 0 radical (unpaired) electrons. The molecule has 2 aliphatic heterocycles. The van der Waals surface area contributed by atoms with Gasteiger partial charge < -0.3 is 9.80 Å². The van der Waals surface area contributed by atoms with Crippen LogP contribution >= 0.6 is 11.6 Å². The second kappa shape index (κ2) is 7.72. The van der Waals surface area contributed by atoms with Crippen molar-refractivity contribution in [2.75, 3.05) is 33.7 Å². The molecular weight excluding hydrogens is 377 g/mol. The van der Waals surface area contributed by atoms with Gasteiger partial charge in [0.25, 0.3) is 0 Å². The number of nitrogens with zero attached hydrogens (tertiary/aromatic N) is 3. The number of benzene rings is 2. The summed E-state index contributed by atoms with van der Waals surface area (Å²) in [6.45, 7) is 3.36. The maximum Gasteiger partial charge on any atom is 0.320 e. The highest BCUT2D eigenvalue weighted by Gasteiger charge is 2.49. The van der Waals surface area contributed by atoms with E-state index in [1.54, 1.807) is 31.1 Å². The molecule has 0 bridgehead atoms. The zero-order valence-corrected chi connectivity index (χ0v) is 16.9. The predicted octanol–water partition coefficient (Wildman–Crippen LogP) is 4.27. The molecule has 2 amide bonds. The van der Waals surface area contributed by atoms with E-state index in [1.807, 2.05) is 29.2 Å². The Balaban J connectivity index is 1.57. The first kappa shape index (κ1) is 19.2. The largest absolute Gasteiger partial charge is 0.331 e. The fourth-order valence-electron chi connectivity index (χ4n) is 4.73. The lowest BCUT2D eigenvalue weighted by Crippen LogP contribution is -2.41. The number of likely N-dealkylation sites (tertiary alicyclic amines) is 2. The zero-order chi connectivity index (χ0) is 19.8. The lowest BCUT2D eigenvalue weighted by atomic mass is 9.89. The summed E-state index contributed by atoms with van der Waals surface area (Å²) >= 11 is 6.12. The summed E-state index contributed by atoms with van der Waals surface area (Å²) in [6.07, 6.45) is 0. The molecule has 2 aromatic rings. The third kappa shape index (κ3) is 3.74. The molecular formula is C22H25ClFN3O. The number of rotatable bonds is 3. The molecule has 0 unspecified atom stereocenters. The highest BCUT2D eigenvalue weighted by molar-refractivity contribution is 6.30. The van der Waals surface area contributed by atoms with Crippen molar-refractivity contribution in [1.29, 1.82) is 0 Å². The Kier molecular flexibility index (Phi) is 5.30. The summed E-state index contributed by atoms with van der Waals surface area (Å²) in [5, 5.41) is 0.747. The van der Waals surface area contributed by atoms with Crippen LogP contribution in [0.3, 0.4) is 0 Å². The number of amides is 2. The highest BCUT2D eigenvalue weighted by Crippen LogP contribution is 2.45. The molecule has 148 valence electrons. The van der Waals surface area contributed by atoms with E-state index in [-0.39, 0.29) is 17.9 Å². The normalized spacial score (nSPS) is 24.4. The third-order valence-corrected chi connectivity index (χ3v) is 6.09. The molecule has 2 aromatic carbocycles. The van der Waals surface area contributed by atoms with Crippen LogP contribution in [0.15, 0.2) is 48.5 Å². The summed E-state index contributed by atoms with van der Waals surface area (Å²) in [7, 11) is 3.54. The molecule has 2 fully saturated rings. The molecule has 4 nitrogen and oxygen atoms in total. The molecule has 2 aliphatic rings. The van der Waals surface area contributed by atoms with Crippen molar-refractivity contribution in [2.24, 2.45) is 11.8 Å². The minimum atomic E-state index is -0.257. The van der Waals surface area contributed by atoms with Crippen LogP contribution in [0.4, 0.5) is 9.18 Å². The van der Waals surface area contributed by atoms with E-state index in [4.69, 9.17) is 11.6 Å². The van der Waals surface area contributed by atoms with Gasteiger partial charge in [0.1, 0.15) is 5.82 Å². The Morgan fingerprint density at radius 1 is 1.14 bits per heavy atom. The van der Waals surface area contributed by atoms with E-state index in [0.717, 1.165) is 30.2 Å². The third-order valence-electron chi connectivity index (χ3n) is 5.85. The molecule has 28 heavy (non-hydrogen) atoms. The number of halogens is 2. The predicted molar refractivity (Wildman–Crippen MR) is 109 cm³/mol. The van der Waals surface area contributed by atoms with Gasteiger partial charge in [-0.05, 0) is 41.3 Å². The minimum absolute atomic E-state index is 0.00921. The first-order valence-corrected chi connectivity index (χ1v) is 10.0. The van der Waals surface area contributed by atoms with E-state index >= 15 is 0 Å². The molecule has 0 spiro atoms. The van der Waals surface area contributed by atoms with Crippen LogP contribution in [0.2, 0.25) is 5.02 Å². The number of carbonyl (C=O) groups is 1. The van der Waals surface area contributed by atoms with Gasteiger partial charge in [-0.2, -0.15) is 0 Å². The molecule has 3 atom stereocenters. The standard InChI is InChI=1S/C22H25ClFN3O/c1-25(2)22(28)27-13-17-12-26(11-15-5-3-7-18(23)9-15)14-20(17)21(27)16-6-4-8-19(24)10-16/h3-10,17,20-21H,11-14H2,1-2H3/t17-,20-,21-/m1/s1. The molecule has 4 rings (SSSR count). The van der Waals surface area contributed by atoms with Crippen LogP contribution < -0.4 is 0 Å². The molecule has 2 heterocycles. The van der Waals surface area contributed by atoms with E-state index in [9.17, 15) is 9.18 Å². The van der Waals surface area contributed by atoms with Gasteiger partial charge in [-0.1, -0.05) is 35.9 Å². The lowest BCUT2D eigenvalue weighted by molar-refractivity contribution is 0.151. The van der Waals surface area contributed by atoms with Gasteiger partial charge in [0.05, 0.1) is 6.04 Å². The molecule has 2 saturated heterocycles. The molecule has 6 heteroatoms. The van der Waals surface area contributed by atoms with Gasteiger partial charge in [-0.25, -0.2) is 9.18 Å². The first-order valence-electron chi connectivity index (χ1n) is 9.62. The quantitative estimate of drug-likeness (QED) is 0.768. The van der Waals surface area contributed by atoms with Crippen LogP contribution in [-0.2, 0) is 6.54 Å². The maximum absolute atomic E-state index is 13.9. The van der Waals surface area contributed by atoms with E-state index in [1.165, 1.54) is 11.6 Å². The van der Waals surface area contributed by atoms with Crippen molar-refractivity contribution in [1.82, 2.24) is 14.7 Å². The molecule has 0 aromatic heterocycles. The summed E-state index contributed by atoms with van der Waals surface area (Å²) in [5.41, 5.74) is 2.07. The monoisotopic (exact) mass is 401 g/mol. The second-order valence-corrected chi connectivity index (χ2v) is 8.51. The van der Waals surface area contributed by atoms with Gasteiger partial charge in [-0.15, -0.1) is 0 Å². The van der Waals surface area contributed by atoms with Crippen LogP contribution in [0.5, 0.6) is 0 Å². The Bertz CT molecular complexity index is 874. The van der Waals surface area contributed by atoms with Crippen molar-refractivity contribution < 1.29 is 9.18 Å². The first-order chi connectivity index (χ1) is 13.4. The average molecular weight is 402 g/mol. The summed E-state index contributed by atoms with van der Waals surface area (Å²) in [6, 6.07) is 14.5. The summed E-state index contributed by atoms with van der Waals surface area (Å²) in [5.74, 6) is 0.424. The van der Waals surface area contributed by atoms with Gasteiger partial charge in [-0.3, -0.25) is 4.90 Å². The highest BCUT2D eigenvalue weighted by atomic mass is 35.5. The van der Waals surface area contributed by atoms with E-state index < -0.39 is 0 Å². The van der Waals surface area contributed by atoms with Crippen molar-refractivity contribution in [3.63, 3.8) is 0 Å². The smallest absolute Gasteiger partial charge is 0.320 e. The van der Waals surface area contributed by atoms with Crippen molar-refractivity contribution in [3.05, 3.63) is 70.5 Å². The fraction of sp³-hybridized carbons (Fsp3) is 0.409. The van der Waals surface area contributed by atoms with Crippen molar-refractivity contribution in [2.45, 2.75) is 12.6 Å². The SMILES string of the molecule is CN(C)C(=O)N1C[C@H]2CN(Cc3cccc(Cl)c3)C[C@H]2[C@H]1c1cccc(F)c1. The van der Waals surface area contributed by atoms with Gasteiger partial charge in [0, 0.05) is 51.2 Å². The summed E-state index contributed by atoms with van der Waals surface area (Å²) < 4.78 is 13.9. The Morgan fingerprint density at radius 3 is 2.64 bits per heavy atom. The fourth-order valence-corrected chi connectivity index (χ4v) is 4.94. The topological polar surface area (TPSA) is 26.8 Å². The van der Waals surface area contributed by atoms with Gasteiger partial charge in [0.2, 0.25) is 0 Å². The molecule has 0 aliphatic carbocycles. The van der Waals surface area contributed by atoms with E-state index in [2.05, 4.69) is 11.0 Å². The number of hydrogen-bond donors (Lipinski definition) is 0. The number of carbonyl (C=O) groups excluding carboxylic acids is 1. The zero-order valence-electron chi connectivity index (χ0n) is 16.2. The number of urea groups is 1. The molecule has 0 N–H and O–H groups in total. The molecule has 0 saturated carbocycles. The minimum Gasteiger partial charge on any atom is -0.331 e.